The van der Waals surface area contributed by atoms with Crippen molar-refractivity contribution in [2.45, 2.75) is 44.8 Å². The second kappa shape index (κ2) is 6.77. The van der Waals surface area contributed by atoms with Gasteiger partial charge in [0, 0.05) is 6.04 Å². The number of amides is 2. The molecule has 0 aromatic heterocycles. The lowest BCUT2D eigenvalue weighted by Gasteiger charge is -2.29. The summed E-state index contributed by atoms with van der Waals surface area (Å²) < 4.78 is 38.1. The zero-order valence-corrected chi connectivity index (χ0v) is 12.9. The zero-order chi connectivity index (χ0) is 16.3. The monoisotopic (exact) mass is 334 g/mol. The van der Waals surface area contributed by atoms with Gasteiger partial charge in [-0.2, -0.15) is 13.2 Å². The van der Waals surface area contributed by atoms with Crippen LogP contribution in [0, 0.1) is 5.92 Å². The Labute approximate surface area is 132 Å². The van der Waals surface area contributed by atoms with Crippen molar-refractivity contribution in [3.05, 3.63) is 28.8 Å². The number of halogens is 4. The Bertz CT molecular complexity index is 548. The fourth-order valence-corrected chi connectivity index (χ4v) is 2.82. The molecule has 2 N–H and O–H groups in total. The third-order valence-electron chi connectivity index (χ3n) is 3.97. The van der Waals surface area contributed by atoms with Crippen molar-refractivity contribution in [3.63, 3.8) is 0 Å². The number of hydrogen-bond donors (Lipinski definition) is 2. The standard InChI is InChI=1S/C15H18ClF3N2O/c1-9-4-2-3-5-12(9)20-14(22)21-13-8-10(15(17,18)19)6-7-11(13)16/h6-9,12H,2-5H2,1H3,(H2,20,21,22)/t9-,12-/m1/s1. The van der Waals surface area contributed by atoms with Gasteiger partial charge in [-0.25, -0.2) is 4.79 Å². The van der Waals surface area contributed by atoms with Gasteiger partial charge in [-0.15, -0.1) is 0 Å². The van der Waals surface area contributed by atoms with Gasteiger partial charge in [0.05, 0.1) is 16.3 Å². The Balaban J connectivity index is 2.04. The zero-order valence-electron chi connectivity index (χ0n) is 12.1. The van der Waals surface area contributed by atoms with E-state index in [1.54, 1.807) is 0 Å². The molecule has 1 aromatic rings. The number of nitrogens with one attached hydrogen (secondary N) is 2. The Morgan fingerprint density at radius 2 is 1.95 bits per heavy atom. The van der Waals surface area contributed by atoms with E-state index in [0.717, 1.165) is 43.9 Å². The van der Waals surface area contributed by atoms with Crippen LogP contribution in [-0.4, -0.2) is 12.1 Å². The van der Waals surface area contributed by atoms with Gasteiger partial charge in [0.1, 0.15) is 0 Å². The van der Waals surface area contributed by atoms with Crippen molar-refractivity contribution in [2.24, 2.45) is 5.92 Å². The molecule has 1 saturated carbocycles. The van der Waals surface area contributed by atoms with Crippen LogP contribution in [0.15, 0.2) is 18.2 Å². The summed E-state index contributed by atoms with van der Waals surface area (Å²) in [5, 5.41) is 5.29. The molecule has 1 fully saturated rings. The minimum Gasteiger partial charge on any atom is -0.335 e. The average molecular weight is 335 g/mol. The van der Waals surface area contributed by atoms with Crippen molar-refractivity contribution in [1.82, 2.24) is 5.32 Å². The summed E-state index contributed by atoms with van der Waals surface area (Å²) in [6.45, 7) is 2.06. The Morgan fingerprint density at radius 1 is 1.27 bits per heavy atom. The number of benzene rings is 1. The molecule has 0 aliphatic heterocycles. The smallest absolute Gasteiger partial charge is 0.335 e. The van der Waals surface area contributed by atoms with Crippen molar-refractivity contribution < 1.29 is 18.0 Å². The van der Waals surface area contributed by atoms with E-state index in [9.17, 15) is 18.0 Å². The summed E-state index contributed by atoms with van der Waals surface area (Å²) in [6, 6.07) is 2.36. The largest absolute Gasteiger partial charge is 0.416 e. The van der Waals surface area contributed by atoms with E-state index < -0.39 is 17.8 Å². The third-order valence-corrected chi connectivity index (χ3v) is 4.30. The first-order valence-electron chi connectivity index (χ1n) is 7.21. The molecule has 0 spiro atoms. The van der Waals surface area contributed by atoms with E-state index in [0.29, 0.717) is 5.92 Å². The Morgan fingerprint density at radius 3 is 2.59 bits per heavy atom. The minimum atomic E-state index is -4.48. The molecule has 22 heavy (non-hydrogen) atoms. The number of hydrogen-bond acceptors (Lipinski definition) is 1. The van der Waals surface area contributed by atoms with Crippen LogP contribution in [0.4, 0.5) is 23.7 Å². The molecule has 0 radical (unpaired) electrons. The van der Waals surface area contributed by atoms with Gasteiger partial charge in [0.15, 0.2) is 0 Å². The van der Waals surface area contributed by atoms with E-state index in [1.165, 1.54) is 0 Å². The van der Waals surface area contributed by atoms with E-state index in [2.05, 4.69) is 17.6 Å². The highest BCUT2D eigenvalue weighted by Crippen LogP contribution is 2.33. The molecule has 0 heterocycles. The summed E-state index contributed by atoms with van der Waals surface area (Å²) in [4.78, 5) is 12.0. The number of carbonyl (C=O) groups is 1. The Kier molecular flexibility index (Phi) is 5.21. The summed E-state index contributed by atoms with van der Waals surface area (Å²) in [5.74, 6) is 0.358. The van der Waals surface area contributed by atoms with E-state index in [-0.39, 0.29) is 16.8 Å². The van der Waals surface area contributed by atoms with E-state index in [1.807, 2.05) is 0 Å². The van der Waals surface area contributed by atoms with Crippen molar-refractivity contribution in [2.75, 3.05) is 5.32 Å². The topological polar surface area (TPSA) is 41.1 Å². The normalized spacial score (nSPS) is 22.2. The molecule has 3 nitrogen and oxygen atoms in total. The van der Waals surface area contributed by atoms with Crippen molar-refractivity contribution >= 4 is 23.3 Å². The fraction of sp³-hybridized carbons (Fsp3) is 0.533. The van der Waals surface area contributed by atoms with Crippen molar-refractivity contribution in [3.8, 4) is 0 Å². The van der Waals surface area contributed by atoms with Gasteiger partial charge in [0.25, 0.3) is 0 Å². The summed E-state index contributed by atoms with van der Waals surface area (Å²) >= 11 is 5.85. The average Bonchev–Trinajstić information content (AvgIpc) is 2.42. The number of rotatable bonds is 2. The lowest BCUT2D eigenvalue weighted by molar-refractivity contribution is -0.137. The van der Waals surface area contributed by atoms with Crippen LogP contribution in [0.25, 0.3) is 0 Å². The molecule has 2 rings (SSSR count). The number of urea groups is 1. The van der Waals surface area contributed by atoms with Crippen LogP contribution in [0.1, 0.15) is 38.2 Å². The maximum atomic E-state index is 12.7. The molecule has 0 bridgehead atoms. The molecular formula is C15H18ClF3N2O. The number of anilines is 1. The van der Waals surface area contributed by atoms with Gasteiger partial charge in [-0.05, 0) is 37.0 Å². The maximum Gasteiger partial charge on any atom is 0.416 e. The van der Waals surface area contributed by atoms with Crippen LogP contribution < -0.4 is 10.6 Å². The highest BCUT2D eigenvalue weighted by atomic mass is 35.5. The third kappa shape index (κ3) is 4.29. The number of alkyl halides is 3. The second-order valence-corrected chi connectivity index (χ2v) is 6.07. The molecule has 1 aliphatic rings. The first-order valence-corrected chi connectivity index (χ1v) is 7.59. The van der Waals surface area contributed by atoms with Crippen molar-refractivity contribution in [1.29, 1.82) is 0 Å². The van der Waals surface area contributed by atoms with Crippen LogP contribution >= 0.6 is 11.6 Å². The minimum absolute atomic E-state index is 0.0401. The predicted octanol–water partition coefficient (Wildman–Crippen LogP) is 5.06. The summed E-state index contributed by atoms with van der Waals surface area (Å²) in [5.41, 5.74) is -0.893. The van der Waals surface area contributed by atoms with E-state index >= 15 is 0 Å². The van der Waals surface area contributed by atoms with Gasteiger partial charge < -0.3 is 10.6 Å². The number of carbonyl (C=O) groups excluding carboxylic acids is 1. The van der Waals surface area contributed by atoms with Crippen LogP contribution in [-0.2, 0) is 6.18 Å². The van der Waals surface area contributed by atoms with Gasteiger partial charge in [0.2, 0.25) is 0 Å². The second-order valence-electron chi connectivity index (χ2n) is 5.66. The molecule has 2 atom stereocenters. The first-order chi connectivity index (χ1) is 10.3. The van der Waals surface area contributed by atoms with Gasteiger partial charge >= 0.3 is 12.2 Å². The highest BCUT2D eigenvalue weighted by molar-refractivity contribution is 6.33. The summed E-state index contributed by atoms with van der Waals surface area (Å²) in [6.07, 6.45) is -0.379. The molecule has 1 aliphatic carbocycles. The Hall–Kier alpha value is -1.43. The lowest BCUT2D eigenvalue weighted by Crippen LogP contribution is -2.43. The van der Waals surface area contributed by atoms with Crippen LogP contribution in [0.3, 0.4) is 0 Å². The fourth-order valence-electron chi connectivity index (χ4n) is 2.65. The molecular weight excluding hydrogens is 317 g/mol. The highest BCUT2D eigenvalue weighted by Gasteiger charge is 2.31. The summed E-state index contributed by atoms with van der Waals surface area (Å²) in [7, 11) is 0. The molecule has 2 amide bonds. The van der Waals surface area contributed by atoms with Crippen LogP contribution in [0.2, 0.25) is 5.02 Å². The lowest BCUT2D eigenvalue weighted by atomic mass is 9.86. The molecule has 7 heteroatoms. The quantitative estimate of drug-likeness (QED) is 0.780. The van der Waals surface area contributed by atoms with Gasteiger partial charge in [-0.3, -0.25) is 0 Å². The SMILES string of the molecule is C[C@@H]1CCCC[C@H]1NC(=O)Nc1cc(C(F)(F)F)ccc1Cl. The molecule has 1 aromatic carbocycles. The van der Waals surface area contributed by atoms with Gasteiger partial charge in [-0.1, -0.05) is 31.4 Å². The molecule has 122 valence electrons. The maximum absolute atomic E-state index is 12.7. The molecule has 0 saturated heterocycles. The predicted molar refractivity (Wildman–Crippen MR) is 80.0 cm³/mol. The molecule has 0 unspecified atom stereocenters. The van der Waals surface area contributed by atoms with Crippen LogP contribution in [0.5, 0.6) is 0 Å². The first kappa shape index (κ1) is 16.9. The van der Waals surface area contributed by atoms with E-state index in [4.69, 9.17) is 11.6 Å².